The van der Waals surface area contributed by atoms with Crippen molar-refractivity contribution in [2.24, 2.45) is 0 Å². The molecule has 1 heterocycles. The largest absolute Gasteiger partial charge is 0.305 e. The van der Waals surface area contributed by atoms with Crippen LogP contribution in [-0.4, -0.2) is 0 Å². The van der Waals surface area contributed by atoms with Gasteiger partial charge in [-0.3, -0.25) is 0 Å². The molecule has 0 aliphatic carbocycles. The van der Waals surface area contributed by atoms with Crippen molar-refractivity contribution in [1.29, 1.82) is 0 Å². The Balaban J connectivity index is 2.01. The molecule has 0 spiro atoms. The average molecular weight is 338 g/mol. The predicted molar refractivity (Wildman–Crippen MR) is 87.8 cm³/mol. The fourth-order valence-electron chi connectivity index (χ4n) is 2.13. The van der Waals surface area contributed by atoms with Gasteiger partial charge in [-0.1, -0.05) is 36.8 Å². The molecule has 0 aliphatic heterocycles. The van der Waals surface area contributed by atoms with Gasteiger partial charge in [0.05, 0.1) is 0 Å². The quantitative estimate of drug-likeness (QED) is 0.773. The molecule has 0 fully saturated rings. The third-order valence-electron chi connectivity index (χ3n) is 3.32. The van der Waals surface area contributed by atoms with Gasteiger partial charge in [-0.05, 0) is 47.8 Å². The van der Waals surface area contributed by atoms with Crippen LogP contribution < -0.4 is 5.32 Å². The molecule has 1 aromatic heterocycles. The van der Waals surface area contributed by atoms with E-state index in [0.29, 0.717) is 6.04 Å². The summed E-state index contributed by atoms with van der Waals surface area (Å²) >= 11 is 5.43. The van der Waals surface area contributed by atoms with E-state index in [-0.39, 0.29) is 0 Å². The lowest BCUT2D eigenvalue weighted by atomic mass is 10.0. The Kier molecular flexibility index (Phi) is 5.20. The van der Waals surface area contributed by atoms with Crippen molar-refractivity contribution < 1.29 is 0 Å². The van der Waals surface area contributed by atoms with Crippen LogP contribution in [0, 0.1) is 13.8 Å². The number of aryl methyl sites for hydroxylation is 2. The first kappa shape index (κ1) is 14.8. The maximum absolute atomic E-state index is 3.65. The van der Waals surface area contributed by atoms with Gasteiger partial charge in [0.25, 0.3) is 0 Å². The van der Waals surface area contributed by atoms with E-state index in [0.717, 1.165) is 13.0 Å². The Morgan fingerprint density at radius 3 is 2.42 bits per heavy atom. The number of nitrogens with one attached hydrogen (secondary N) is 1. The molecule has 0 aliphatic rings. The summed E-state index contributed by atoms with van der Waals surface area (Å²) in [5.41, 5.74) is 2.69. The molecule has 1 unspecified atom stereocenters. The summed E-state index contributed by atoms with van der Waals surface area (Å²) in [4.78, 5) is 2.73. The topological polar surface area (TPSA) is 12.0 Å². The number of hydrogen-bond donors (Lipinski definition) is 1. The third-order valence-corrected chi connectivity index (χ3v) is 5.46. The van der Waals surface area contributed by atoms with Crippen LogP contribution in [-0.2, 0) is 6.54 Å². The van der Waals surface area contributed by atoms with E-state index in [9.17, 15) is 0 Å². The summed E-state index contributed by atoms with van der Waals surface area (Å²) in [7, 11) is 0. The first-order chi connectivity index (χ1) is 9.10. The van der Waals surface area contributed by atoms with Crippen LogP contribution in [0.2, 0.25) is 0 Å². The minimum atomic E-state index is 0.432. The normalized spacial score (nSPS) is 12.6. The van der Waals surface area contributed by atoms with E-state index in [2.05, 4.69) is 72.3 Å². The molecule has 1 aromatic carbocycles. The maximum atomic E-state index is 3.65. The van der Waals surface area contributed by atoms with Crippen LogP contribution in [0.5, 0.6) is 0 Å². The van der Waals surface area contributed by atoms with Gasteiger partial charge in [-0.2, -0.15) is 0 Å². The molecule has 1 nitrogen and oxygen atoms in total. The van der Waals surface area contributed by atoms with Crippen molar-refractivity contribution in [3.63, 3.8) is 0 Å². The number of hydrogen-bond acceptors (Lipinski definition) is 2. The summed E-state index contributed by atoms with van der Waals surface area (Å²) in [6, 6.07) is 11.5. The Bertz CT molecular complexity index is 511. The molecule has 0 saturated heterocycles. The van der Waals surface area contributed by atoms with Gasteiger partial charge in [0.1, 0.15) is 0 Å². The molecule has 102 valence electrons. The first-order valence-electron chi connectivity index (χ1n) is 6.65. The molecule has 1 N–H and O–H groups in total. The molecule has 0 amide bonds. The smallest absolute Gasteiger partial charge is 0.0320 e. The predicted octanol–water partition coefficient (Wildman–Crippen LogP) is 5.37. The summed E-state index contributed by atoms with van der Waals surface area (Å²) < 4.78 is 1.22. The van der Waals surface area contributed by atoms with Crippen LogP contribution in [0.1, 0.15) is 40.3 Å². The Morgan fingerprint density at radius 2 is 1.89 bits per heavy atom. The molecular weight excluding hydrogens is 318 g/mol. The second kappa shape index (κ2) is 6.69. The summed E-state index contributed by atoms with van der Waals surface area (Å²) in [5.74, 6) is 0. The molecule has 2 rings (SSSR count). The summed E-state index contributed by atoms with van der Waals surface area (Å²) in [6.45, 7) is 7.44. The van der Waals surface area contributed by atoms with E-state index < -0.39 is 0 Å². The highest BCUT2D eigenvalue weighted by Gasteiger charge is 2.09. The van der Waals surface area contributed by atoms with Crippen molar-refractivity contribution in [2.75, 3.05) is 0 Å². The molecule has 2 aromatic rings. The lowest BCUT2D eigenvalue weighted by Crippen LogP contribution is -2.19. The first-order valence-corrected chi connectivity index (χ1v) is 8.26. The molecule has 3 heteroatoms. The number of rotatable bonds is 5. The van der Waals surface area contributed by atoms with Gasteiger partial charge in [-0.15, -0.1) is 11.3 Å². The lowest BCUT2D eigenvalue weighted by molar-refractivity contribution is 0.522. The van der Waals surface area contributed by atoms with Gasteiger partial charge >= 0.3 is 0 Å². The monoisotopic (exact) mass is 337 g/mol. The fourth-order valence-corrected chi connectivity index (χ4v) is 3.68. The van der Waals surface area contributed by atoms with Gasteiger partial charge in [0, 0.05) is 26.8 Å². The zero-order chi connectivity index (χ0) is 13.8. The van der Waals surface area contributed by atoms with Crippen molar-refractivity contribution >= 4 is 27.3 Å². The van der Waals surface area contributed by atoms with Gasteiger partial charge < -0.3 is 5.32 Å². The third kappa shape index (κ3) is 3.91. The van der Waals surface area contributed by atoms with E-state index in [1.165, 1.54) is 25.4 Å². The van der Waals surface area contributed by atoms with Crippen LogP contribution >= 0.6 is 27.3 Å². The molecular formula is C16H20BrNS. The lowest BCUT2D eigenvalue weighted by Gasteiger charge is -2.17. The van der Waals surface area contributed by atoms with E-state index in [1.54, 1.807) is 0 Å². The Labute approximate surface area is 128 Å². The highest BCUT2D eigenvalue weighted by molar-refractivity contribution is 9.10. The van der Waals surface area contributed by atoms with Crippen molar-refractivity contribution in [2.45, 2.75) is 39.8 Å². The Morgan fingerprint density at radius 1 is 1.21 bits per heavy atom. The van der Waals surface area contributed by atoms with Crippen LogP contribution in [0.4, 0.5) is 0 Å². The fraction of sp³-hybridized carbons (Fsp3) is 0.375. The molecule has 0 radical (unpaired) electrons. The average Bonchev–Trinajstić information content (AvgIpc) is 2.71. The number of benzene rings is 1. The van der Waals surface area contributed by atoms with Crippen molar-refractivity contribution in [3.8, 4) is 0 Å². The van der Waals surface area contributed by atoms with Crippen LogP contribution in [0.3, 0.4) is 0 Å². The van der Waals surface area contributed by atoms with Crippen molar-refractivity contribution in [1.82, 2.24) is 5.32 Å². The molecule has 1 atom stereocenters. The minimum Gasteiger partial charge on any atom is -0.305 e. The molecule has 19 heavy (non-hydrogen) atoms. The summed E-state index contributed by atoms with van der Waals surface area (Å²) in [5, 5.41) is 3.65. The summed E-state index contributed by atoms with van der Waals surface area (Å²) in [6.07, 6.45) is 1.11. The Hall–Kier alpha value is -0.640. The standard InChI is InChI=1S/C16H20BrNS/c1-4-16(13-7-5-11(2)6-8-13)18-10-14-9-15(17)12(3)19-14/h5-9,16,18H,4,10H2,1-3H3. The highest BCUT2D eigenvalue weighted by atomic mass is 79.9. The van der Waals surface area contributed by atoms with Gasteiger partial charge in [0.15, 0.2) is 0 Å². The van der Waals surface area contributed by atoms with Gasteiger partial charge in [-0.25, -0.2) is 0 Å². The zero-order valence-electron chi connectivity index (χ0n) is 11.7. The maximum Gasteiger partial charge on any atom is 0.0320 e. The van der Waals surface area contributed by atoms with E-state index in [1.807, 2.05) is 11.3 Å². The zero-order valence-corrected chi connectivity index (χ0v) is 14.1. The molecule has 0 saturated carbocycles. The molecule has 0 bridgehead atoms. The second-order valence-corrected chi connectivity index (χ2v) is 7.06. The SMILES string of the molecule is CCC(NCc1cc(Br)c(C)s1)c1ccc(C)cc1. The minimum absolute atomic E-state index is 0.432. The van der Waals surface area contributed by atoms with E-state index >= 15 is 0 Å². The van der Waals surface area contributed by atoms with Crippen LogP contribution in [0.15, 0.2) is 34.8 Å². The van der Waals surface area contributed by atoms with E-state index in [4.69, 9.17) is 0 Å². The second-order valence-electron chi connectivity index (χ2n) is 4.87. The van der Waals surface area contributed by atoms with Crippen LogP contribution in [0.25, 0.3) is 0 Å². The highest BCUT2D eigenvalue weighted by Crippen LogP contribution is 2.27. The number of halogens is 1. The van der Waals surface area contributed by atoms with Crippen molar-refractivity contribution in [3.05, 3.63) is 55.7 Å². The van der Waals surface area contributed by atoms with Gasteiger partial charge in [0.2, 0.25) is 0 Å². The number of thiophene rings is 1.